The number of nitrogens with two attached hydrogens (primary N) is 1. The number of nitrogens with one attached hydrogen (secondary N) is 1. The molecule has 0 bridgehead atoms. The van der Waals surface area contributed by atoms with Crippen LogP contribution in [0.5, 0.6) is 0 Å². The highest BCUT2D eigenvalue weighted by atomic mass is 32.2. The van der Waals surface area contributed by atoms with Gasteiger partial charge in [-0.2, -0.15) is 0 Å². The Morgan fingerprint density at radius 1 is 1.21 bits per heavy atom. The van der Waals surface area contributed by atoms with Crippen molar-refractivity contribution < 1.29 is 8.42 Å². The van der Waals surface area contributed by atoms with E-state index in [1.165, 1.54) is 25.7 Å². The summed E-state index contributed by atoms with van der Waals surface area (Å²) in [7, 11) is -3.64. The number of primary sulfonamides is 1. The highest BCUT2D eigenvalue weighted by Gasteiger charge is 2.41. The van der Waals surface area contributed by atoms with Gasteiger partial charge in [0.2, 0.25) is 10.0 Å². The Balaban J connectivity index is 1.88. The summed E-state index contributed by atoms with van der Waals surface area (Å²) in [5.74, 6) is 1.54. The Hall–Kier alpha value is -1.07. The molecule has 3 N–H and O–H groups in total. The molecule has 0 amide bonds. The Morgan fingerprint density at radius 3 is 2.26 bits per heavy atom. The Morgan fingerprint density at radius 2 is 1.79 bits per heavy atom. The van der Waals surface area contributed by atoms with E-state index >= 15 is 0 Å². The highest BCUT2D eigenvalue weighted by Crippen LogP contribution is 2.46. The fraction of sp³-hybridized carbons (Fsp3) is 0.571. The summed E-state index contributed by atoms with van der Waals surface area (Å²) < 4.78 is 23.1. The summed E-state index contributed by atoms with van der Waals surface area (Å²) >= 11 is 0. The van der Waals surface area contributed by atoms with Crippen molar-refractivity contribution in [1.82, 2.24) is 0 Å². The summed E-state index contributed by atoms with van der Waals surface area (Å²) in [5.41, 5.74) is 1.65. The lowest BCUT2D eigenvalue weighted by molar-refractivity contribution is 0.567. The number of rotatable bonds is 5. The molecule has 2 fully saturated rings. The molecule has 104 valence electrons. The Bertz CT molecular complexity index is 577. The second-order valence-corrected chi connectivity index (χ2v) is 7.35. The predicted octanol–water partition coefficient (Wildman–Crippen LogP) is 2.24. The number of sulfonamides is 1. The van der Waals surface area contributed by atoms with E-state index in [0.29, 0.717) is 6.04 Å². The van der Waals surface area contributed by atoms with Crippen molar-refractivity contribution in [2.24, 2.45) is 17.0 Å². The summed E-state index contributed by atoms with van der Waals surface area (Å²) in [6.45, 7) is 1.82. The van der Waals surface area contributed by atoms with Crippen molar-refractivity contribution in [3.05, 3.63) is 23.8 Å². The predicted molar refractivity (Wildman–Crippen MR) is 75.4 cm³/mol. The van der Waals surface area contributed by atoms with E-state index in [1.807, 2.05) is 13.0 Å². The van der Waals surface area contributed by atoms with Crippen LogP contribution in [-0.2, 0) is 10.0 Å². The van der Waals surface area contributed by atoms with Crippen molar-refractivity contribution >= 4 is 15.7 Å². The minimum atomic E-state index is -3.64. The first-order valence-corrected chi connectivity index (χ1v) is 8.40. The smallest absolute Gasteiger partial charge is 0.238 e. The number of anilines is 1. The third-order valence-electron chi connectivity index (χ3n) is 4.17. The van der Waals surface area contributed by atoms with E-state index in [0.717, 1.165) is 23.1 Å². The quantitative estimate of drug-likeness (QED) is 0.869. The van der Waals surface area contributed by atoms with Crippen LogP contribution in [0, 0.1) is 18.8 Å². The zero-order valence-corrected chi connectivity index (χ0v) is 11.9. The Labute approximate surface area is 114 Å². The first-order chi connectivity index (χ1) is 8.97. The molecular formula is C14H20N2O2S. The van der Waals surface area contributed by atoms with Crippen molar-refractivity contribution in [3.63, 3.8) is 0 Å². The van der Waals surface area contributed by atoms with Gasteiger partial charge in [-0.15, -0.1) is 0 Å². The molecule has 0 saturated heterocycles. The van der Waals surface area contributed by atoms with Crippen LogP contribution >= 0.6 is 0 Å². The molecule has 0 heterocycles. The van der Waals surface area contributed by atoms with E-state index in [2.05, 4.69) is 5.32 Å². The molecular weight excluding hydrogens is 260 g/mol. The number of hydrogen-bond acceptors (Lipinski definition) is 3. The van der Waals surface area contributed by atoms with Crippen LogP contribution in [0.15, 0.2) is 23.1 Å². The molecule has 4 nitrogen and oxygen atoms in total. The molecule has 5 heteroatoms. The van der Waals surface area contributed by atoms with Crippen LogP contribution in [0.2, 0.25) is 0 Å². The molecule has 0 unspecified atom stereocenters. The van der Waals surface area contributed by atoms with Crippen molar-refractivity contribution in [2.45, 2.75) is 43.5 Å². The molecule has 0 spiro atoms. The topological polar surface area (TPSA) is 72.2 Å². The van der Waals surface area contributed by atoms with Crippen LogP contribution in [0.3, 0.4) is 0 Å². The third kappa shape index (κ3) is 2.77. The van der Waals surface area contributed by atoms with Gasteiger partial charge in [0.1, 0.15) is 0 Å². The fourth-order valence-corrected chi connectivity index (χ4v) is 3.59. The first-order valence-electron chi connectivity index (χ1n) is 6.86. The normalized spacial score (nSPS) is 19.7. The summed E-state index contributed by atoms with van der Waals surface area (Å²) in [6.07, 6.45) is 5.17. The molecule has 0 aliphatic heterocycles. The maximum Gasteiger partial charge on any atom is 0.238 e. The van der Waals surface area contributed by atoms with Crippen LogP contribution in [0.25, 0.3) is 0 Å². The highest BCUT2D eigenvalue weighted by molar-refractivity contribution is 7.89. The average Bonchev–Trinajstić information content (AvgIpc) is 3.19. The lowest BCUT2D eigenvalue weighted by Gasteiger charge is -2.21. The molecule has 1 aromatic carbocycles. The molecule has 0 radical (unpaired) electrons. The van der Waals surface area contributed by atoms with Crippen LogP contribution < -0.4 is 10.5 Å². The van der Waals surface area contributed by atoms with Crippen LogP contribution in [0.4, 0.5) is 5.69 Å². The van der Waals surface area contributed by atoms with E-state index in [9.17, 15) is 8.42 Å². The van der Waals surface area contributed by atoms with Crippen LogP contribution in [-0.4, -0.2) is 14.5 Å². The van der Waals surface area contributed by atoms with Crippen LogP contribution in [0.1, 0.15) is 31.2 Å². The molecule has 2 aliphatic rings. The van der Waals surface area contributed by atoms with Gasteiger partial charge in [-0.1, -0.05) is 6.07 Å². The van der Waals surface area contributed by atoms with Gasteiger partial charge in [-0.3, -0.25) is 0 Å². The average molecular weight is 280 g/mol. The standard InChI is InChI=1S/C14H20N2O2S/c1-9-12(3-2-4-13(9)19(15,17)18)16-14(10-5-6-10)11-7-8-11/h2-4,10-11,14,16H,5-8H2,1H3,(H2,15,17,18). The van der Waals surface area contributed by atoms with E-state index in [1.54, 1.807) is 12.1 Å². The zero-order chi connectivity index (χ0) is 13.6. The largest absolute Gasteiger partial charge is 0.382 e. The van der Waals surface area contributed by atoms with Crippen molar-refractivity contribution in [3.8, 4) is 0 Å². The lowest BCUT2D eigenvalue weighted by atomic mass is 10.1. The minimum absolute atomic E-state index is 0.225. The van der Waals surface area contributed by atoms with Gasteiger partial charge < -0.3 is 5.32 Å². The van der Waals surface area contributed by atoms with Gasteiger partial charge in [0, 0.05) is 11.7 Å². The fourth-order valence-electron chi connectivity index (χ4n) is 2.79. The maximum absolute atomic E-state index is 11.5. The summed E-state index contributed by atoms with van der Waals surface area (Å²) in [4.78, 5) is 0.225. The molecule has 2 saturated carbocycles. The molecule has 0 aromatic heterocycles. The molecule has 0 atom stereocenters. The van der Waals surface area contributed by atoms with E-state index in [-0.39, 0.29) is 4.90 Å². The summed E-state index contributed by atoms with van der Waals surface area (Å²) in [6, 6.07) is 5.78. The SMILES string of the molecule is Cc1c(NC(C2CC2)C2CC2)cccc1S(N)(=O)=O. The van der Waals surface area contributed by atoms with Gasteiger partial charge in [0.05, 0.1) is 4.90 Å². The van der Waals surface area contributed by atoms with Gasteiger partial charge >= 0.3 is 0 Å². The van der Waals surface area contributed by atoms with Crippen molar-refractivity contribution in [2.75, 3.05) is 5.32 Å². The van der Waals surface area contributed by atoms with Gasteiger partial charge in [0.15, 0.2) is 0 Å². The zero-order valence-electron chi connectivity index (χ0n) is 11.1. The second-order valence-electron chi connectivity index (χ2n) is 5.82. The second kappa shape index (κ2) is 4.49. The molecule has 2 aliphatic carbocycles. The maximum atomic E-state index is 11.5. The van der Waals surface area contributed by atoms with Gasteiger partial charge in [-0.05, 0) is 62.1 Å². The Kier molecular flexibility index (Phi) is 3.06. The first kappa shape index (κ1) is 12.9. The monoisotopic (exact) mass is 280 g/mol. The number of hydrogen-bond donors (Lipinski definition) is 2. The molecule has 1 aromatic rings. The van der Waals surface area contributed by atoms with Crippen molar-refractivity contribution in [1.29, 1.82) is 0 Å². The van der Waals surface area contributed by atoms with E-state index < -0.39 is 10.0 Å². The van der Waals surface area contributed by atoms with E-state index in [4.69, 9.17) is 5.14 Å². The third-order valence-corrected chi connectivity index (χ3v) is 5.23. The lowest BCUT2D eigenvalue weighted by Crippen LogP contribution is -2.25. The molecule has 19 heavy (non-hydrogen) atoms. The van der Waals surface area contributed by atoms with Gasteiger partial charge in [-0.25, -0.2) is 13.6 Å². The number of benzene rings is 1. The minimum Gasteiger partial charge on any atom is -0.382 e. The summed E-state index contributed by atoms with van der Waals surface area (Å²) in [5, 5.41) is 8.81. The van der Waals surface area contributed by atoms with Gasteiger partial charge in [0.25, 0.3) is 0 Å². The molecule has 3 rings (SSSR count).